The van der Waals surface area contributed by atoms with Gasteiger partial charge in [-0.3, -0.25) is 14.7 Å². The maximum Gasteiger partial charge on any atom is 0.344 e. The lowest BCUT2D eigenvalue weighted by molar-refractivity contribution is -0.388. The van der Waals surface area contributed by atoms with Crippen molar-refractivity contribution in [2.45, 2.75) is 29.1 Å². The van der Waals surface area contributed by atoms with Gasteiger partial charge in [-0.15, -0.1) is 5.10 Å². The third kappa shape index (κ3) is 2.22. The smallest absolute Gasteiger partial charge is 0.344 e. The summed E-state index contributed by atoms with van der Waals surface area (Å²) in [6, 6.07) is 0.0991. The summed E-state index contributed by atoms with van der Waals surface area (Å²) in [5.41, 5.74) is 4.83. The molecular formula is C9H9N7O3S. The van der Waals surface area contributed by atoms with Crippen molar-refractivity contribution < 1.29 is 4.92 Å². The minimum absolute atomic E-state index is 0.0587. The summed E-state index contributed by atoms with van der Waals surface area (Å²) in [7, 11) is 0. The van der Waals surface area contributed by atoms with E-state index < -0.39 is 4.92 Å². The SMILES string of the molecule is Nc1ncc([N+](=O)[O-])c(Sc2n[nH]c(=O)n2C2CC2)n1. The molecule has 0 bridgehead atoms. The Bertz CT molecular complexity index is 735. The summed E-state index contributed by atoms with van der Waals surface area (Å²) in [6.07, 6.45) is 2.82. The fraction of sp³-hybridized carbons (Fsp3) is 0.333. The van der Waals surface area contributed by atoms with Gasteiger partial charge in [0, 0.05) is 6.04 Å². The molecule has 2 aromatic rings. The van der Waals surface area contributed by atoms with Crippen LogP contribution < -0.4 is 11.4 Å². The normalized spacial score (nSPS) is 14.4. The Kier molecular flexibility index (Phi) is 2.89. The van der Waals surface area contributed by atoms with Crippen molar-refractivity contribution in [3.8, 4) is 0 Å². The van der Waals surface area contributed by atoms with Gasteiger partial charge in [0.15, 0.2) is 10.2 Å². The molecule has 20 heavy (non-hydrogen) atoms. The highest BCUT2D eigenvalue weighted by Crippen LogP contribution is 2.38. The number of nitro groups is 1. The van der Waals surface area contributed by atoms with Crippen molar-refractivity contribution in [2.75, 3.05) is 5.73 Å². The number of nitrogen functional groups attached to an aromatic ring is 1. The lowest BCUT2D eigenvalue weighted by Gasteiger charge is -2.03. The molecule has 0 unspecified atom stereocenters. The van der Waals surface area contributed by atoms with Crippen LogP contribution in [0.4, 0.5) is 11.6 Å². The number of nitrogens with zero attached hydrogens (tertiary/aromatic N) is 5. The molecule has 3 N–H and O–H groups in total. The number of hydrogen-bond acceptors (Lipinski definition) is 8. The van der Waals surface area contributed by atoms with Crippen molar-refractivity contribution >= 4 is 23.4 Å². The van der Waals surface area contributed by atoms with Gasteiger partial charge >= 0.3 is 11.4 Å². The predicted octanol–water partition coefficient (Wildman–Crippen LogP) is 0.338. The number of anilines is 1. The van der Waals surface area contributed by atoms with Crippen LogP contribution in [0, 0.1) is 10.1 Å². The van der Waals surface area contributed by atoms with Crippen molar-refractivity contribution in [3.63, 3.8) is 0 Å². The summed E-state index contributed by atoms with van der Waals surface area (Å²) < 4.78 is 1.48. The van der Waals surface area contributed by atoms with Gasteiger partial charge in [-0.05, 0) is 24.6 Å². The van der Waals surface area contributed by atoms with Gasteiger partial charge in [-0.25, -0.2) is 14.9 Å². The van der Waals surface area contributed by atoms with Crippen LogP contribution in [0.5, 0.6) is 0 Å². The van der Waals surface area contributed by atoms with Crippen LogP contribution in [-0.4, -0.2) is 29.7 Å². The summed E-state index contributed by atoms with van der Waals surface area (Å²) in [5, 5.41) is 17.5. The summed E-state index contributed by atoms with van der Waals surface area (Å²) >= 11 is 0.920. The highest BCUT2D eigenvalue weighted by atomic mass is 32.2. The maximum atomic E-state index is 11.6. The molecule has 10 nitrogen and oxygen atoms in total. The minimum atomic E-state index is -0.603. The summed E-state index contributed by atoms with van der Waals surface area (Å²) in [6.45, 7) is 0. The number of nitrogens with two attached hydrogens (primary N) is 1. The Labute approximate surface area is 115 Å². The third-order valence-electron chi connectivity index (χ3n) is 2.72. The lowest BCUT2D eigenvalue weighted by atomic mass is 10.5. The molecular weight excluding hydrogens is 286 g/mol. The molecule has 0 aliphatic heterocycles. The average molecular weight is 295 g/mol. The highest BCUT2D eigenvalue weighted by Gasteiger charge is 2.30. The Hall–Kier alpha value is -2.43. The van der Waals surface area contributed by atoms with E-state index in [1.165, 1.54) is 4.57 Å². The molecule has 0 radical (unpaired) electrons. The molecule has 0 saturated heterocycles. The third-order valence-corrected chi connectivity index (χ3v) is 3.69. The number of H-pyrrole nitrogens is 1. The van der Waals surface area contributed by atoms with Crippen LogP contribution in [-0.2, 0) is 0 Å². The van der Waals surface area contributed by atoms with Crippen molar-refractivity contribution in [3.05, 3.63) is 26.8 Å². The fourth-order valence-electron chi connectivity index (χ4n) is 1.68. The number of aromatic nitrogens is 5. The van der Waals surface area contributed by atoms with Gasteiger partial charge in [0.05, 0.1) is 4.92 Å². The van der Waals surface area contributed by atoms with E-state index in [0.29, 0.717) is 5.16 Å². The molecule has 0 spiro atoms. The first-order valence-corrected chi connectivity index (χ1v) is 6.49. The zero-order valence-corrected chi connectivity index (χ0v) is 10.8. The predicted molar refractivity (Wildman–Crippen MR) is 68.3 cm³/mol. The second-order valence-corrected chi connectivity index (χ2v) is 5.15. The molecule has 11 heteroatoms. The van der Waals surface area contributed by atoms with Crippen LogP contribution in [0.25, 0.3) is 0 Å². The first kappa shape index (κ1) is 12.6. The molecule has 0 atom stereocenters. The van der Waals surface area contributed by atoms with Gasteiger partial charge < -0.3 is 5.73 Å². The minimum Gasteiger partial charge on any atom is -0.368 e. The van der Waals surface area contributed by atoms with Gasteiger partial charge in [-0.2, -0.15) is 4.98 Å². The fourth-order valence-corrected chi connectivity index (χ4v) is 2.64. The standard InChI is InChI=1S/C9H9N7O3S/c10-7-11-3-5(16(18)19)6(12-7)20-9-14-13-8(17)15(9)4-1-2-4/h3-4H,1-2H2,(H,13,17)(H2,10,11,12). The monoisotopic (exact) mass is 295 g/mol. The summed E-state index contributed by atoms with van der Waals surface area (Å²) in [5.74, 6) is -0.0750. The molecule has 0 aromatic carbocycles. The molecule has 104 valence electrons. The van der Waals surface area contributed by atoms with Gasteiger partial charge in [-0.1, -0.05) is 0 Å². The van der Waals surface area contributed by atoms with E-state index in [1.807, 2.05) is 0 Å². The first-order chi connectivity index (χ1) is 9.56. The number of hydrogen-bond donors (Lipinski definition) is 2. The molecule has 2 aromatic heterocycles. The Morgan fingerprint density at radius 2 is 2.30 bits per heavy atom. The molecule has 0 amide bonds. The quantitative estimate of drug-likeness (QED) is 0.466. The number of nitrogens with one attached hydrogen (secondary N) is 1. The van der Waals surface area contributed by atoms with Crippen molar-refractivity contribution in [1.82, 2.24) is 24.7 Å². The zero-order valence-electron chi connectivity index (χ0n) is 10.0. The maximum absolute atomic E-state index is 11.6. The van der Waals surface area contributed by atoms with E-state index in [1.54, 1.807) is 0 Å². The average Bonchev–Trinajstić information content (AvgIpc) is 3.15. The van der Waals surface area contributed by atoms with Gasteiger partial charge in [0.25, 0.3) is 0 Å². The van der Waals surface area contributed by atoms with E-state index in [-0.39, 0.29) is 28.4 Å². The molecule has 1 fully saturated rings. The van der Waals surface area contributed by atoms with Crippen molar-refractivity contribution in [1.29, 1.82) is 0 Å². The van der Waals surface area contributed by atoms with E-state index in [0.717, 1.165) is 30.8 Å². The van der Waals surface area contributed by atoms with Gasteiger partial charge in [0.1, 0.15) is 6.20 Å². The molecule has 1 aliphatic rings. The van der Waals surface area contributed by atoms with E-state index in [4.69, 9.17) is 5.73 Å². The van der Waals surface area contributed by atoms with Crippen LogP contribution in [0.3, 0.4) is 0 Å². The largest absolute Gasteiger partial charge is 0.368 e. The van der Waals surface area contributed by atoms with Crippen LogP contribution in [0.2, 0.25) is 0 Å². The first-order valence-electron chi connectivity index (χ1n) is 5.68. The topological polar surface area (TPSA) is 146 Å². The Morgan fingerprint density at radius 1 is 1.55 bits per heavy atom. The van der Waals surface area contributed by atoms with E-state index in [2.05, 4.69) is 20.2 Å². The molecule has 1 saturated carbocycles. The lowest BCUT2D eigenvalue weighted by Crippen LogP contribution is -2.16. The molecule has 2 heterocycles. The van der Waals surface area contributed by atoms with Crippen molar-refractivity contribution in [2.24, 2.45) is 0 Å². The van der Waals surface area contributed by atoms with Crippen LogP contribution in [0.15, 0.2) is 21.2 Å². The van der Waals surface area contributed by atoms with Gasteiger partial charge in [0.2, 0.25) is 5.95 Å². The second kappa shape index (κ2) is 4.59. The number of aromatic amines is 1. The summed E-state index contributed by atoms with van der Waals surface area (Å²) in [4.78, 5) is 29.4. The zero-order chi connectivity index (χ0) is 14.3. The molecule has 3 rings (SSSR count). The highest BCUT2D eigenvalue weighted by molar-refractivity contribution is 7.99. The second-order valence-electron chi connectivity index (χ2n) is 4.19. The van der Waals surface area contributed by atoms with Crippen LogP contribution in [0.1, 0.15) is 18.9 Å². The number of rotatable bonds is 4. The Balaban J connectivity index is 2.01. The Morgan fingerprint density at radius 3 is 2.95 bits per heavy atom. The van der Waals surface area contributed by atoms with E-state index in [9.17, 15) is 14.9 Å². The molecule has 1 aliphatic carbocycles. The van der Waals surface area contributed by atoms with Crippen LogP contribution >= 0.6 is 11.8 Å². The van der Waals surface area contributed by atoms with E-state index >= 15 is 0 Å².